The van der Waals surface area contributed by atoms with Crippen LogP contribution in [0, 0.1) is 0 Å². The summed E-state index contributed by atoms with van der Waals surface area (Å²) in [7, 11) is -9.17. The molecule has 10 heteroatoms. The summed E-state index contributed by atoms with van der Waals surface area (Å²) in [5.74, 6) is 0. The minimum Gasteiger partial charge on any atom is -0.319 e. The van der Waals surface area contributed by atoms with Gasteiger partial charge in [-0.25, -0.2) is 0 Å². The predicted molar refractivity (Wildman–Crippen MR) is 75.7 cm³/mol. The van der Waals surface area contributed by atoms with Crippen molar-refractivity contribution in [2.45, 2.75) is 57.8 Å². The molecule has 0 heterocycles. The van der Waals surface area contributed by atoms with E-state index in [0.717, 1.165) is 19.3 Å². The van der Waals surface area contributed by atoms with E-state index in [0.29, 0.717) is 25.7 Å². The van der Waals surface area contributed by atoms with Crippen LogP contribution in [0.4, 0.5) is 0 Å². The zero-order valence-electron chi connectivity index (χ0n) is 11.7. The molecule has 0 radical (unpaired) electrons. The van der Waals surface area contributed by atoms with E-state index in [1.54, 1.807) is 0 Å². The number of unbranched alkanes of at least 4 members (excludes halogenated alkanes) is 6. The van der Waals surface area contributed by atoms with Gasteiger partial charge in [-0.3, -0.25) is 18.7 Å². The zero-order chi connectivity index (χ0) is 16.5. The summed E-state index contributed by atoms with van der Waals surface area (Å²) in [6, 6.07) is 0. The Morgan fingerprint density at radius 3 is 1.05 bits per heavy atom. The van der Waals surface area contributed by atoms with Crippen molar-refractivity contribution in [3.05, 3.63) is 0 Å². The summed E-state index contributed by atoms with van der Waals surface area (Å²) in [6.07, 6.45) is 4.44. The molecule has 0 spiro atoms. The second-order valence-electron chi connectivity index (χ2n) is 4.85. The molecule has 0 unspecified atom stereocenters. The SMILES string of the molecule is O=C(CCCCCCCCCC(=O)P(=O)(O)O)P(=O)(O)O. The molecule has 4 N–H and O–H groups in total. The van der Waals surface area contributed by atoms with E-state index in [1.165, 1.54) is 0 Å². The predicted octanol–water partition coefficient (Wildman–Crippen LogP) is 1.91. The van der Waals surface area contributed by atoms with Gasteiger partial charge < -0.3 is 19.6 Å². The van der Waals surface area contributed by atoms with Crippen LogP contribution in [0.2, 0.25) is 0 Å². The zero-order valence-corrected chi connectivity index (χ0v) is 13.5. The van der Waals surface area contributed by atoms with Gasteiger partial charge in [0.05, 0.1) is 0 Å². The van der Waals surface area contributed by atoms with Gasteiger partial charge in [0, 0.05) is 12.8 Å². The van der Waals surface area contributed by atoms with Crippen molar-refractivity contribution in [1.29, 1.82) is 0 Å². The van der Waals surface area contributed by atoms with Crippen molar-refractivity contribution in [2.75, 3.05) is 0 Å². The van der Waals surface area contributed by atoms with Gasteiger partial charge in [0.25, 0.3) is 0 Å². The highest BCUT2D eigenvalue weighted by Crippen LogP contribution is 2.38. The standard InChI is InChI=1S/C11H22O8P2/c12-10(20(14,15)16)8-6-4-2-1-3-5-7-9-11(13)21(17,18)19/h1-9H2,(H2,14,15,16)(H2,17,18,19). The van der Waals surface area contributed by atoms with Gasteiger partial charge in [-0.1, -0.05) is 32.1 Å². The Morgan fingerprint density at radius 2 is 0.810 bits per heavy atom. The maximum absolute atomic E-state index is 10.9. The summed E-state index contributed by atoms with van der Waals surface area (Å²) in [4.78, 5) is 56.1. The second-order valence-corrected chi connectivity index (χ2v) is 8.02. The van der Waals surface area contributed by atoms with Gasteiger partial charge in [0.15, 0.2) is 0 Å². The molecule has 0 atom stereocenters. The number of hydrogen-bond donors (Lipinski definition) is 4. The third-order valence-corrected chi connectivity index (χ3v) is 4.68. The molecule has 0 aliphatic carbocycles. The van der Waals surface area contributed by atoms with Crippen LogP contribution in [0.1, 0.15) is 57.8 Å². The van der Waals surface area contributed by atoms with Gasteiger partial charge in [-0.15, -0.1) is 0 Å². The molecule has 21 heavy (non-hydrogen) atoms. The molecule has 0 bridgehead atoms. The highest BCUT2D eigenvalue weighted by atomic mass is 31.2. The topological polar surface area (TPSA) is 149 Å². The van der Waals surface area contributed by atoms with E-state index < -0.39 is 26.2 Å². The summed E-state index contributed by atoms with van der Waals surface area (Å²) in [5.41, 5.74) is -2.06. The lowest BCUT2D eigenvalue weighted by molar-refractivity contribution is -0.114. The summed E-state index contributed by atoms with van der Waals surface area (Å²) >= 11 is 0. The monoisotopic (exact) mass is 344 g/mol. The molecular formula is C11H22O8P2. The van der Waals surface area contributed by atoms with E-state index in [9.17, 15) is 18.7 Å². The fourth-order valence-corrected chi connectivity index (χ4v) is 2.63. The molecule has 0 saturated carbocycles. The lowest BCUT2D eigenvalue weighted by atomic mass is 10.1. The van der Waals surface area contributed by atoms with E-state index in [-0.39, 0.29) is 12.8 Å². The van der Waals surface area contributed by atoms with Crippen molar-refractivity contribution in [3.8, 4) is 0 Å². The van der Waals surface area contributed by atoms with Crippen LogP contribution in [-0.4, -0.2) is 30.6 Å². The second kappa shape index (κ2) is 9.62. The van der Waals surface area contributed by atoms with Crippen LogP contribution >= 0.6 is 15.2 Å². The van der Waals surface area contributed by atoms with Crippen molar-refractivity contribution in [2.24, 2.45) is 0 Å². The Balaban J connectivity index is 3.46. The Morgan fingerprint density at radius 1 is 0.571 bits per heavy atom. The van der Waals surface area contributed by atoms with E-state index in [4.69, 9.17) is 19.6 Å². The Kier molecular flexibility index (Phi) is 9.45. The van der Waals surface area contributed by atoms with Gasteiger partial charge in [0.2, 0.25) is 11.0 Å². The lowest BCUT2D eigenvalue weighted by Crippen LogP contribution is -1.98. The summed E-state index contributed by atoms with van der Waals surface area (Å²) in [5, 5.41) is 0. The first-order valence-corrected chi connectivity index (χ1v) is 9.95. The van der Waals surface area contributed by atoms with Crippen LogP contribution < -0.4 is 0 Å². The molecule has 0 aromatic heterocycles. The Hall–Kier alpha value is -0.360. The van der Waals surface area contributed by atoms with E-state index in [2.05, 4.69) is 0 Å². The summed E-state index contributed by atoms with van der Waals surface area (Å²) in [6.45, 7) is 0. The molecule has 0 aliphatic rings. The van der Waals surface area contributed by atoms with Crippen LogP contribution in [0.25, 0.3) is 0 Å². The number of carbonyl (C=O) groups excluding carboxylic acids is 2. The fourth-order valence-electron chi connectivity index (χ4n) is 1.73. The normalized spacial score (nSPS) is 12.4. The molecule has 8 nitrogen and oxygen atoms in total. The largest absolute Gasteiger partial charge is 0.391 e. The third-order valence-electron chi connectivity index (χ3n) is 2.93. The number of carbonyl (C=O) groups is 2. The Labute approximate surface area is 123 Å². The molecule has 0 aliphatic heterocycles. The molecule has 0 amide bonds. The van der Waals surface area contributed by atoms with Gasteiger partial charge in [-0.2, -0.15) is 0 Å². The Bertz CT molecular complexity index is 396. The minimum absolute atomic E-state index is 0.124. The van der Waals surface area contributed by atoms with Crippen molar-refractivity contribution >= 4 is 26.2 Å². The highest BCUT2D eigenvalue weighted by molar-refractivity contribution is 7.70. The van der Waals surface area contributed by atoms with E-state index >= 15 is 0 Å². The van der Waals surface area contributed by atoms with Crippen LogP contribution in [0.3, 0.4) is 0 Å². The average molecular weight is 344 g/mol. The fraction of sp³-hybridized carbons (Fsp3) is 0.818. The molecule has 0 aromatic carbocycles. The van der Waals surface area contributed by atoms with Crippen LogP contribution in [0.5, 0.6) is 0 Å². The third kappa shape index (κ3) is 10.9. The van der Waals surface area contributed by atoms with Crippen molar-refractivity contribution in [3.63, 3.8) is 0 Å². The molecule has 124 valence electrons. The van der Waals surface area contributed by atoms with Crippen molar-refractivity contribution in [1.82, 2.24) is 0 Å². The molecule has 0 aromatic rings. The average Bonchev–Trinajstić information content (AvgIpc) is 2.33. The van der Waals surface area contributed by atoms with Crippen LogP contribution in [-0.2, 0) is 18.7 Å². The first-order chi connectivity index (χ1) is 9.55. The molecular weight excluding hydrogens is 322 g/mol. The lowest BCUT2D eigenvalue weighted by Gasteiger charge is -2.04. The van der Waals surface area contributed by atoms with Gasteiger partial charge in [0.1, 0.15) is 0 Å². The molecule has 0 saturated heterocycles. The minimum atomic E-state index is -4.58. The first kappa shape index (κ1) is 20.6. The number of rotatable bonds is 12. The highest BCUT2D eigenvalue weighted by Gasteiger charge is 2.24. The maximum Gasteiger partial charge on any atom is 0.391 e. The molecule has 0 rings (SSSR count). The van der Waals surface area contributed by atoms with Gasteiger partial charge in [-0.05, 0) is 12.8 Å². The quantitative estimate of drug-likeness (QED) is 0.310. The maximum atomic E-state index is 10.9. The van der Waals surface area contributed by atoms with E-state index in [1.807, 2.05) is 0 Å². The van der Waals surface area contributed by atoms with Crippen molar-refractivity contribution < 1.29 is 38.3 Å². The van der Waals surface area contributed by atoms with Gasteiger partial charge >= 0.3 is 15.2 Å². The van der Waals surface area contributed by atoms with Crippen LogP contribution in [0.15, 0.2) is 0 Å². The summed E-state index contributed by atoms with van der Waals surface area (Å²) < 4.78 is 21.1. The smallest absolute Gasteiger partial charge is 0.319 e. The first-order valence-electron chi connectivity index (χ1n) is 6.73. The molecule has 0 fully saturated rings. The number of hydrogen-bond acceptors (Lipinski definition) is 4.